The van der Waals surface area contributed by atoms with E-state index < -0.39 is 0 Å². The molecule has 0 radical (unpaired) electrons. The van der Waals surface area contributed by atoms with E-state index >= 15 is 0 Å². The summed E-state index contributed by atoms with van der Waals surface area (Å²) in [6.07, 6.45) is 4.83. The normalized spacial score (nSPS) is 15.1. The fourth-order valence-corrected chi connectivity index (χ4v) is 1.91. The highest BCUT2D eigenvalue weighted by molar-refractivity contribution is 6.04. The van der Waals surface area contributed by atoms with E-state index in [1.165, 1.54) is 0 Å². The number of rotatable bonds is 2. The fraction of sp³-hybridized carbons (Fsp3) is 0.154. The van der Waals surface area contributed by atoms with E-state index in [0.717, 1.165) is 17.0 Å². The molecule has 1 amide bonds. The Hall–Kier alpha value is -2.43. The molecule has 90 valence electrons. The lowest BCUT2D eigenvalue weighted by molar-refractivity contribution is -0.121. The van der Waals surface area contributed by atoms with Crippen LogP contribution in [-0.4, -0.2) is 21.4 Å². The van der Waals surface area contributed by atoms with Crippen LogP contribution in [0.15, 0.2) is 47.8 Å². The van der Waals surface area contributed by atoms with Crippen LogP contribution in [0.25, 0.3) is 5.69 Å². The second kappa shape index (κ2) is 4.44. The van der Waals surface area contributed by atoms with Gasteiger partial charge in [0.2, 0.25) is 5.91 Å². The van der Waals surface area contributed by atoms with Gasteiger partial charge in [0.1, 0.15) is 0 Å². The summed E-state index contributed by atoms with van der Waals surface area (Å²) in [6, 6.07) is 9.85. The van der Waals surface area contributed by atoms with Gasteiger partial charge in [-0.2, -0.15) is 10.2 Å². The zero-order valence-corrected chi connectivity index (χ0v) is 9.71. The summed E-state index contributed by atoms with van der Waals surface area (Å²) in [4.78, 5) is 11.0. The molecule has 1 aliphatic heterocycles. The van der Waals surface area contributed by atoms with E-state index in [-0.39, 0.29) is 5.91 Å². The predicted octanol–water partition coefficient (Wildman–Crippen LogP) is 1.49. The molecule has 2 aromatic rings. The van der Waals surface area contributed by atoms with Crippen molar-refractivity contribution in [2.45, 2.75) is 12.8 Å². The van der Waals surface area contributed by atoms with Gasteiger partial charge in [0.05, 0.1) is 11.4 Å². The summed E-state index contributed by atoms with van der Waals surface area (Å²) in [5.41, 5.74) is 5.46. The lowest BCUT2D eigenvalue weighted by atomic mass is 10.0. The predicted molar refractivity (Wildman–Crippen MR) is 67.5 cm³/mol. The van der Waals surface area contributed by atoms with Gasteiger partial charge in [-0.1, -0.05) is 12.1 Å². The molecule has 0 fully saturated rings. The van der Waals surface area contributed by atoms with Crippen LogP contribution in [0.2, 0.25) is 0 Å². The van der Waals surface area contributed by atoms with Gasteiger partial charge in [-0.15, -0.1) is 0 Å². The molecule has 2 heterocycles. The zero-order valence-electron chi connectivity index (χ0n) is 9.71. The molecule has 0 spiro atoms. The molecule has 1 aromatic carbocycles. The molecule has 1 aromatic heterocycles. The summed E-state index contributed by atoms with van der Waals surface area (Å²) in [5, 5.41) is 8.24. The first-order valence-corrected chi connectivity index (χ1v) is 5.79. The third-order valence-corrected chi connectivity index (χ3v) is 2.87. The number of nitrogens with zero attached hydrogens (tertiary/aromatic N) is 3. The molecule has 3 rings (SSSR count). The van der Waals surface area contributed by atoms with Crippen molar-refractivity contribution in [3.05, 3.63) is 48.3 Å². The van der Waals surface area contributed by atoms with Crippen molar-refractivity contribution >= 4 is 11.6 Å². The minimum Gasteiger partial charge on any atom is -0.273 e. The maximum atomic E-state index is 11.0. The topological polar surface area (TPSA) is 59.3 Å². The van der Waals surface area contributed by atoms with Crippen LogP contribution in [0.3, 0.4) is 0 Å². The van der Waals surface area contributed by atoms with Crippen molar-refractivity contribution < 1.29 is 4.79 Å². The monoisotopic (exact) mass is 240 g/mol. The highest BCUT2D eigenvalue weighted by atomic mass is 16.2. The van der Waals surface area contributed by atoms with Gasteiger partial charge in [-0.25, -0.2) is 10.1 Å². The minimum absolute atomic E-state index is 0.0214. The Bertz CT molecular complexity index is 584. The maximum Gasteiger partial charge on any atom is 0.240 e. The second-order valence-electron chi connectivity index (χ2n) is 4.09. The molecular formula is C13H12N4O. The fourth-order valence-electron chi connectivity index (χ4n) is 1.91. The molecule has 0 aliphatic carbocycles. The Morgan fingerprint density at radius 3 is 2.61 bits per heavy atom. The molecule has 1 aliphatic rings. The number of amides is 1. The van der Waals surface area contributed by atoms with Gasteiger partial charge < -0.3 is 0 Å². The van der Waals surface area contributed by atoms with Crippen LogP contribution in [0, 0.1) is 0 Å². The highest BCUT2D eigenvalue weighted by Crippen LogP contribution is 2.13. The van der Waals surface area contributed by atoms with Gasteiger partial charge in [0, 0.05) is 25.2 Å². The Kier molecular flexibility index (Phi) is 2.64. The van der Waals surface area contributed by atoms with E-state index in [1.54, 1.807) is 10.9 Å². The lowest BCUT2D eigenvalue weighted by Crippen LogP contribution is -2.25. The van der Waals surface area contributed by atoms with Crippen molar-refractivity contribution in [3.8, 4) is 5.69 Å². The molecule has 0 atom stereocenters. The molecule has 0 saturated carbocycles. The summed E-state index contributed by atoms with van der Waals surface area (Å²) in [7, 11) is 0. The van der Waals surface area contributed by atoms with Crippen LogP contribution < -0.4 is 5.43 Å². The smallest absolute Gasteiger partial charge is 0.240 e. The van der Waals surface area contributed by atoms with Crippen molar-refractivity contribution in [2.24, 2.45) is 5.10 Å². The molecule has 1 N–H and O–H groups in total. The first kappa shape index (κ1) is 10.7. The standard InChI is InChI=1S/C13H12N4O/c18-13-7-6-12(15-16-13)10-2-4-11(5-3-10)17-9-1-8-14-17/h1-5,8-9H,6-7H2,(H,16,18). The largest absolute Gasteiger partial charge is 0.273 e. The van der Waals surface area contributed by atoms with E-state index in [4.69, 9.17) is 0 Å². The minimum atomic E-state index is -0.0214. The van der Waals surface area contributed by atoms with E-state index in [0.29, 0.717) is 12.8 Å². The van der Waals surface area contributed by atoms with E-state index in [2.05, 4.69) is 15.6 Å². The van der Waals surface area contributed by atoms with Gasteiger partial charge in [-0.3, -0.25) is 4.79 Å². The summed E-state index contributed by atoms with van der Waals surface area (Å²) in [6.45, 7) is 0. The second-order valence-corrected chi connectivity index (χ2v) is 4.09. The van der Waals surface area contributed by atoms with Crippen LogP contribution >= 0.6 is 0 Å². The average Bonchev–Trinajstić information content (AvgIpc) is 2.94. The average molecular weight is 240 g/mol. The zero-order chi connectivity index (χ0) is 12.4. The quantitative estimate of drug-likeness (QED) is 0.864. The number of aromatic nitrogens is 2. The summed E-state index contributed by atoms with van der Waals surface area (Å²) in [5.74, 6) is -0.0214. The number of benzene rings is 1. The van der Waals surface area contributed by atoms with Crippen LogP contribution in [0.1, 0.15) is 18.4 Å². The number of hydrogen-bond acceptors (Lipinski definition) is 3. The van der Waals surface area contributed by atoms with Crippen molar-refractivity contribution in [3.63, 3.8) is 0 Å². The first-order valence-electron chi connectivity index (χ1n) is 5.79. The van der Waals surface area contributed by atoms with Crippen molar-refractivity contribution in [2.75, 3.05) is 0 Å². The number of carbonyl (C=O) groups is 1. The molecular weight excluding hydrogens is 228 g/mol. The van der Waals surface area contributed by atoms with Crippen molar-refractivity contribution in [1.29, 1.82) is 0 Å². The van der Waals surface area contributed by atoms with E-state index in [9.17, 15) is 4.79 Å². The molecule has 0 saturated heterocycles. The first-order chi connectivity index (χ1) is 8.83. The van der Waals surface area contributed by atoms with Crippen LogP contribution in [0.5, 0.6) is 0 Å². The molecule has 5 heteroatoms. The Morgan fingerprint density at radius 1 is 1.17 bits per heavy atom. The number of carbonyl (C=O) groups excluding carboxylic acids is 1. The summed E-state index contributed by atoms with van der Waals surface area (Å²) < 4.78 is 1.80. The Labute approximate surface area is 104 Å². The Balaban J connectivity index is 1.85. The molecule has 5 nitrogen and oxygen atoms in total. The number of nitrogens with one attached hydrogen (secondary N) is 1. The van der Waals surface area contributed by atoms with E-state index in [1.807, 2.05) is 36.5 Å². The van der Waals surface area contributed by atoms with Gasteiger partial charge >= 0.3 is 0 Å². The SMILES string of the molecule is O=C1CCC(c2ccc(-n3cccn3)cc2)=NN1. The summed E-state index contributed by atoms with van der Waals surface area (Å²) >= 11 is 0. The molecule has 18 heavy (non-hydrogen) atoms. The van der Waals surface area contributed by atoms with Gasteiger partial charge in [0.25, 0.3) is 0 Å². The van der Waals surface area contributed by atoms with Gasteiger partial charge in [-0.05, 0) is 23.8 Å². The third-order valence-electron chi connectivity index (χ3n) is 2.87. The maximum absolute atomic E-state index is 11.0. The lowest BCUT2D eigenvalue weighted by Gasteiger charge is -2.12. The number of hydrazone groups is 1. The van der Waals surface area contributed by atoms with Gasteiger partial charge in [0.15, 0.2) is 0 Å². The number of hydrogen-bond donors (Lipinski definition) is 1. The van der Waals surface area contributed by atoms with Crippen molar-refractivity contribution in [1.82, 2.24) is 15.2 Å². The molecule has 0 unspecified atom stereocenters. The highest BCUT2D eigenvalue weighted by Gasteiger charge is 2.12. The van der Waals surface area contributed by atoms with Crippen LogP contribution in [-0.2, 0) is 4.79 Å². The Morgan fingerprint density at radius 2 is 2.00 bits per heavy atom. The third kappa shape index (κ3) is 2.02. The van der Waals surface area contributed by atoms with Crippen LogP contribution in [0.4, 0.5) is 0 Å². The molecule has 0 bridgehead atoms.